The van der Waals surface area contributed by atoms with Crippen molar-refractivity contribution in [1.82, 2.24) is 25.3 Å². The molecule has 1 atom stereocenters. The van der Waals surface area contributed by atoms with Crippen LogP contribution in [0.2, 0.25) is 0 Å². The van der Waals surface area contributed by atoms with E-state index in [9.17, 15) is 4.79 Å². The van der Waals surface area contributed by atoms with Crippen LogP contribution in [-0.4, -0.2) is 85.4 Å². The molecular weight excluding hydrogens is 512 g/mol. The fourth-order valence-corrected chi connectivity index (χ4v) is 6.81. The van der Waals surface area contributed by atoms with Crippen molar-refractivity contribution in [3.8, 4) is 11.8 Å². The third kappa shape index (κ3) is 6.63. The van der Waals surface area contributed by atoms with E-state index >= 15 is 0 Å². The minimum atomic E-state index is -0.257. The van der Waals surface area contributed by atoms with E-state index < -0.39 is 0 Å². The smallest absolute Gasteiger partial charge is 0.252 e. The van der Waals surface area contributed by atoms with Crippen molar-refractivity contribution < 1.29 is 9.53 Å². The van der Waals surface area contributed by atoms with Crippen LogP contribution >= 0.6 is 0 Å². The van der Waals surface area contributed by atoms with Gasteiger partial charge in [0.25, 0.3) is 5.91 Å². The van der Waals surface area contributed by atoms with Gasteiger partial charge in [0.15, 0.2) is 0 Å². The zero-order valence-corrected chi connectivity index (χ0v) is 25.8. The molecule has 0 bridgehead atoms. The summed E-state index contributed by atoms with van der Waals surface area (Å²) in [6, 6.07) is 5.08. The Hall–Kier alpha value is -2.86. The molecule has 1 unspecified atom stereocenters. The van der Waals surface area contributed by atoms with Crippen molar-refractivity contribution in [2.75, 3.05) is 52.3 Å². The lowest BCUT2D eigenvalue weighted by Crippen LogP contribution is -2.42. The first-order chi connectivity index (χ1) is 19.7. The van der Waals surface area contributed by atoms with Gasteiger partial charge in [-0.05, 0) is 111 Å². The van der Waals surface area contributed by atoms with E-state index in [4.69, 9.17) is 4.74 Å². The first-order valence-electron chi connectivity index (χ1n) is 15.4. The quantitative estimate of drug-likeness (QED) is 0.510. The molecule has 2 aliphatic heterocycles. The second kappa shape index (κ2) is 13.0. The van der Waals surface area contributed by atoms with Gasteiger partial charge in [0.2, 0.25) is 0 Å². The lowest BCUT2D eigenvalue weighted by molar-refractivity contribution is 0.0698. The number of piperidine rings is 1. The van der Waals surface area contributed by atoms with Gasteiger partial charge in [0.05, 0.1) is 30.6 Å². The molecule has 3 heterocycles. The van der Waals surface area contributed by atoms with E-state index in [2.05, 4.69) is 83.1 Å². The number of fused-ring (bicyclic) bond motifs is 1. The highest BCUT2D eigenvalue weighted by molar-refractivity contribution is 5.98. The molecule has 1 saturated carbocycles. The maximum Gasteiger partial charge on any atom is 0.252 e. The molecule has 222 valence electrons. The van der Waals surface area contributed by atoms with Crippen LogP contribution in [0, 0.1) is 31.6 Å². The fourth-order valence-electron chi connectivity index (χ4n) is 6.81. The van der Waals surface area contributed by atoms with Crippen LogP contribution in [-0.2, 0) is 11.3 Å². The average Bonchev–Trinajstić information content (AvgIpc) is 3.36. The van der Waals surface area contributed by atoms with Crippen molar-refractivity contribution >= 4 is 11.6 Å². The number of likely N-dealkylation sites (tertiary alicyclic amines) is 1. The summed E-state index contributed by atoms with van der Waals surface area (Å²) in [7, 11) is 6.56. The Kier molecular flexibility index (Phi) is 9.38. The summed E-state index contributed by atoms with van der Waals surface area (Å²) in [6.45, 7) is 10.3. The third-order valence-corrected chi connectivity index (χ3v) is 9.54. The number of aromatic nitrogens is 2. The zero-order chi connectivity index (χ0) is 29.1. The first kappa shape index (κ1) is 29.6. The Morgan fingerprint density at radius 2 is 1.83 bits per heavy atom. The van der Waals surface area contributed by atoms with Crippen molar-refractivity contribution in [1.29, 1.82) is 0 Å². The molecular formula is C33H48N6O2. The van der Waals surface area contributed by atoms with Crippen molar-refractivity contribution in [3.63, 3.8) is 0 Å². The Morgan fingerprint density at radius 1 is 1.12 bits per heavy atom. The predicted octanol–water partition coefficient (Wildman–Crippen LogP) is 4.42. The molecule has 2 aromatic rings. The number of rotatable bonds is 6. The van der Waals surface area contributed by atoms with Gasteiger partial charge in [0.1, 0.15) is 0 Å². The van der Waals surface area contributed by atoms with Gasteiger partial charge in [-0.1, -0.05) is 11.8 Å². The third-order valence-electron chi connectivity index (χ3n) is 9.54. The van der Waals surface area contributed by atoms with E-state index in [0.717, 1.165) is 79.1 Å². The zero-order valence-electron chi connectivity index (χ0n) is 25.8. The lowest BCUT2D eigenvalue weighted by Gasteiger charge is -2.40. The number of hydrogen-bond acceptors (Lipinski definition) is 6. The highest BCUT2D eigenvalue weighted by atomic mass is 16.5. The van der Waals surface area contributed by atoms with Gasteiger partial charge in [-0.2, -0.15) is 5.10 Å². The first-order valence-corrected chi connectivity index (χ1v) is 15.4. The van der Waals surface area contributed by atoms with Gasteiger partial charge in [0, 0.05) is 46.9 Å². The van der Waals surface area contributed by atoms with E-state index in [-0.39, 0.29) is 11.9 Å². The number of carbonyl (C=O) groups excluding carboxylic acids is 1. The monoisotopic (exact) mass is 560 g/mol. The Bertz CT molecular complexity index is 1270. The molecule has 2 fully saturated rings. The highest BCUT2D eigenvalue weighted by Crippen LogP contribution is 2.34. The standard InChI is InChI=1S/C33H48N6O2/c1-7-39(27-12-10-26(11-13-27)37(4)5)31-19-25(9-8-24-14-16-38(6)17-15-24)18-28(22(31)2)33(40)34-30-21-41-20-29-23(3)35-36-32(29)30/h18-19,24,26-27,30H,7,10-17,20-21H2,1-6H3,(H,34,40)(H,35,36)/t26-,27-,30?. The van der Waals surface area contributed by atoms with Crippen LogP contribution in [0.25, 0.3) is 0 Å². The molecule has 2 N–H and O–H groups in total. The summed E-state index contributed by atoms with van der Waals surface area (Å²) < 4.78 is 5.82. The summed E-state index contributed by atoms with van der Waals surface area (Å²) in [5, 5.41) is 10.7. The Balaban J connectivity index is 1.45. The SMILES string of the molecule is CCN(c1cc(C#CC2CCN(C)CC2)cc(C(=O)NC2COCc3c(C)n[nH]c32)c1C)[C@H]1CC[C@H](N(C)C)CC1. The molecule has 5 rings (SSSR count). The normalized spacial score (nSPS) is 23.5. The summed E-state index contributed by atoms with van der Waals surface area (Å²) in [5.74, 6) is 7.36. The van der Waals surface area contributed by atoms with Gasteiger partial charge in [-0.25, -0.2) is 0 Å². The van der Waals surface area contributed by atoms with Crippen LogP contribution in [0.4, 0.5) is 5.69 Å². The van der Waals surface area contributed by atoms with E-state index in [1.54, 1.807) is 0 Å². The number of anilines is 1. The summed E-state index contributed by atoms with van der Waals surface area (Å²) >= 11 is 0. The second-order valence-electron chi connectivity index (χ2n) is 12.5. The maximum atomic E-state index is 13.9. The van der Waals surface area contributed by atoms with Crippen LogP contribution in [0.5, 0.6) is 0 Å². The molecule has 8 heteroatoms. The minimum Gasteiger partial charge on any atom is -0.374 e. The summed E-state index contributed by atoms with van der Waals surface area (Å²) in [6.07, 6.45) is 6.90. The predicted molar refractivity (Wildman–Crippen MR) is 164 cm³/mol. The Morgan fingerprint density at radius 3 is 2.51 bits per heavy atom. The lowest BCUT2D eigenvalue weighted by atomic mass is 9.88. The van der Waals surface area contributed by atoms with Crippen molar-refractivity contribution in [2.45, 2.75) is 84.0 Å². The van der Waals surface area contributed by atoms with Gasteiger partial charge >= 0.3 is 0 Å². The molecule has 41 heavy (non-hydrogen) atoms. The summed E-state index contributed by atoms with van der Waals surface area (Å²) in [4.78, 5) is 21.2. The number of ether oxygens (including phenoxy) is 1. The Labute approximate surface area is 246 Å². The number of amides is 1. The molecule has 0 radical (unpaired) electrons. The average molecular weight is 561 g/mol. The van der Waals surface area contributed by atoms with E-state index in [1.165, 1.54) is 12.8 Å². The molecule has 1 saturated heterocycles. The van der Waals surface area contributed by atoms with Crippen LogP contribution in [0.3, 0.4) is 0 Å². The molecule has 3 aliphatic rings. The van der Waals surface area contributed by atoms with Crippen LogP contribution in [0.15, 0.2) is 12.1 Å². The molecule has 1 aromatic heterocycles. The molecule has 1 aromatic carbocycles. The summed E-state index contributed by atoms with van der Waals surface area (Å²) in [5.41, 5.74) is 6.69. The number of aryl methyl sites for hydroxylation is 1. The number of carbonyl (C=O) groups is 1. The van der Waals surface area contributed by atoms with Crippen LogP contribution < -0.4 is 10.2 Å². The van der Waals surface area contributed by atoms with Crippen molar-refractivity contribution in [3.05, 3.63) is 45.8 Å². The van der Waals surface area contributed by atoms with Gasteiger partial charge in [-0.3, -0.25) is 9.89 Å². The van der Waals surface area contributed by atoms with Gasteiger partial charge in [-0.15, -0.1) is 0 Å². The molecule has 1 aliphatic carbocycles. The minimum absolute atomic E-state index is 0.0900. The highest BCUT2D eigenvalue weighted by Gasteiger charge is 2.30. The van der Waals surface area contributed by atoms with Gasteiger partial charge < -0.3 is 24.8 Å². The number of hydrogen-bond donors (Lipinski definition) is 2. The number of nitrogens with zero attached hydrogens (tertiary/aromatic N) is 4. The largest absolute Gasteiger partial charge is 0.374 e. The number of H-pyrrole nitrogens is 1. The molecule has 0 spiro atoms. The second-order valence-corrected chi connectivity index (χ2v) is 12.5. The number of benzene rings is 1. The van der Waals surface area contributed by atoms with E-state index in [0.29, 0.717) is 36.8 Å². The number of aromatic amines is 1. The molecule has 8 nitrogen and oxygen atoms in total. The fraction of sp³-hybridized carbons (Fsp3) is 0.636. The topological polar surface area (TPSA) is 76.7 Å². The maximum absolute atomic E-state index is 13.9. The van der Waals surface area contributed by atoms with E-state index in [1.807, 2.05) is 13.0 Å². The molecule has 1 amide bonds. The number of nitrogens with one attached hydrogen (secondary N) is 2. The van der Waals surface area contributed by atoms with Crippen LogP contribution in [0.1, 0.15) is 89.9 Å². The van der Waals surface area contributed by atoms with Crippen molar-refractivity contribution in [2.24, 2.45) is 5.92 Å².